The van der Waals surface area contributed by atoms with Gasteiger partial charge in [-0.3, -0.25) is 9.48 Å². The summed E-state index contributed by atoms with van der Waals surface area (Å²) in [6.07, 6.45) is -4.21. The normalized spacial score (nSPS) is 16.4. The molecule has 2 heterocycles. The lowest BCUT2D eigenvalue weighted by Crippen LogP contribution is -2.38. The van der Waals surface area contributed by atoms with Gasteiger partial charge in [0, 0.05) is 33.2 Å². The van der Waals surface area contributed by atoms with E-state index in [-0.39, 0.29) is 42.4 Å². The molecular formula is C20H25F3N4O3S. The summed E-state index contributed by atoms with van der Waals surface area (Å²) in [5.74, 6) is -0.327. The van der Waals surface area contributed by atoms with Crippen LogP contribution in [-0.2, 0) is 34.5 Å². The van der Waals surface area contributed by atoms with Crippen molar-refractivity contribution in [1.29, 1.82) is 0 Å². The molecule has 1 amide bonds. The van der Waals surface area contributed by atoms with Crippen LogP contribution in [0, 0.1) is 13.8 Å². The van der Waals surface area contributed by atoms with Crippen LogP contribution in [0.15, 0.2) is 29.2 Å². The van der Waals surface area contributed by atoms with E-state index in [1.165, 1.54) is 26.0 Å². The van der Waals surface area contributed by atoms with E-state index in [1.807, 2.05) is 0 Å². The van der Waals surface area contributed by atoms with Gasteiger partial charge in [-0.25, -0.2) is 8.42 Å². The molecule has 1 fully saturated rings. The van der Waals surface area contributed by atoms with Gasteiger partial charge in [-0.2, -0.15) is 22.6 Å². The maximum absolute atomic E-state index is 13.2. The molecule has 7 nitrogen and oxygen atoms in total. The zero-order valence-corrected chi connectivity index (χ0v) is 18.4. The molecule has 31 heavy (non-hydrogen) atoms. The first-order chi connectivity index (χ1) is 14.4. The molecule has 1 aliphatic rings. The Morgan fingerprint density at radius 1 is 1.13 bits per heavy atom. The molecule has 1 aliphatic heterocycles. The largest absolute Gasteiger partial charge is 0.416 e. The highest BCUT2D eigenvalue weighted by atomic mass is 32.2. The summed E-state index contributed by atoms with van der Waals surface area (Å²) in [7, 11) is -2.09. The Bertz CT molecular complexity index is 1080. The molecule has 1 aromatic heterocycles. The average Bonchev–Trinajstić information content (AvgIpc) is 2.86. The fourth-order valence-corrected chi connectivity index (χ4v) is 5.65. The predicted molar refractivity (Wildman–Crippen MR) is 108 cm³/mol. The molecular weight excluding hydrogens is 433 g/mol. The van der Waals surface area contributed by atoms with Crippen LogP contribution in [0.3, 0.4) is 0 Å². The van der Waals surface area contributed by atoms with Crippen molar-refractivity contribution < 1.29 is 26.4 Å². The van der Waals surface area contributed by atoms with Gasteiger partial charge < -0.3 is 4.90 Å². The molecule has 0 unspecified atom stereocenters. The highest BCUT2D eigenvalue weighted by Gasteiger charge is 2.33. The smallest absolute Gasteiger partial charge is 0.341 e. The van der Waals surface area contributed by atoms with E-state index in [0.29, 0.717) is 24.4 Å². The number of aromatic nitrogens is 2. The van der Waals surface area contributed by atoms with Crippen LogP contribution in [0.4, 0.5) is 13.2 Å². The summed E-state index contributed by atoms with van der Waals surface area (Å²) >= 11 is 0. The number of hydrogen-bond acceptors (Lipinski definition) is 4. The van der Waals surface area contributed by atoms with Crippen LogP contribution in [-0.4, -0.2) is 59.5 Å². The molecule has 1 aromatic carbocycles. The van der Waals surface area contributed by atoms with Gasteiger partial charge >= 0.3 is 6.18 Å². The monoisotopic (exact) mass is 458 g/mol. The van der Waals surface area contributed by atoms with Crippen molar-refractivity contribution in [3.63, 3.8) is 0 Å². The minimum atomic E-state index is -4.47. The van der Waals surface area contributed by atoms with Crippen molar-refractivity contribution in [1.82, 2.24) is 19.0 Å². The number of rotatable bonds is 4. The van der Waals surface area contributed by atoms with E-state index >= 15 is 0 Å². The van der Waals surface area contributed by atoms with Crippen LogP contribution in [0.5, 0.6) is 0 Å². The van der Waals surface area contributed by atoms with Crippen molar-refractivity contribution in [2.45, 2.75) is 37.8 Å². The molecule has 0 aliphatic carbocycles. The SMILES string of the molecule is Cc1nn(C)c(C)c1S(=O)(=O)N1CCCN(C(=O)Cc2cccc(C(F)(F)F)c2)CC1. The quantitative estimate of drug-likeness (QED) is 0.706. The number of alkyl halides is 3. The number of nitrogens with zero attached hydrogens (tertiary/aromatic N) is 4. The van der Waals surface area contributed by atoms with E-state index in [4.69, 9.17) is 0 Å². The molecule has 1 saturated heterocycles. The van der Waals surface area contributed by atoms with E-state index < -0.39 is 21.8 Å². The number of halogens is 3. The summed E-state index contributed by atoms with van der Waals surface area (Å²) in [5, 5.41) is 4.18. The first-order valence-corrected chi connectivity index (χ1v) is 11.3. The van der Waals surface area contributed by atoms with E-state index in [2.05, 4.69) is 5.10 Å². The second-order valence-corrected chi connectivity index (χ2v) is 9.51. The van der Waals surface area contributed by atoms with Crippen LogP contribution >= 0.6 is 0 Å². The zero-order chi connectivity index (χ0) is 23.0. The fourth-order valence-electron chi connectivity index (χ4n) is 3.78. The van der Waals surface area contributed by atoms with Gasteiger partial charge in [0.05, 0.1) is 23.4 Å². The first-order valence-electron chi connectivity index (χ1n) is 9.85. The summed E-state index contributed by atoms with van der Waals surface area (Å²) in [6.45, 7) is 4.22. The van der Waals surface area contributed by atoms with E-state index in [1.54, 1.807) is 20.9 Å². The Balaban J connectivity index is 1.71. The van der Waals surface area contributed by atoms with Gasteiger partial charge in [0.25, 0.3) is 0 Å². The Hall–Kier alpha value is -2.40. The second kappa shape index (κ2) is 8.62. The number of carbonyl (C=O) groups is 1. The lowest BCUT2D eigenvalue weighted by atomic mass is 10.1. The van der Waals surface area contributed by atoms with Gasteiger partial charge in [-0.15, -0.1) is 0 Å². The molecule has 3 rings (SSSR count). The lowest BCUT2D eigenvalue weighted by Gasteiger charge is -2.22. The maximum Gasteiger partial charge on any atom is 0.416 e. The molecule has 0 saturated carbocycles. The van der Waals surface area contributed by atoms with Gasteiger partial charge in [0.2, 0.25) is 15.9 Å². The third kappa shape index (κ3) is 4.93. The van der Waals surface area contributed by atoms with E-state index in [0.717, 1.165) is 12.1 Å². The highest BCUT2D eigenvalue weighted by molar-refractivity contribution is 7.89. The topological polar surface area (TPSA) is 75.5 Å². The number of benzene rings is 1. The average molecular weight is 459 g/mol. The molecule has 0 N–H and O–H groups in total. The standard InChI is InChI=1S/C20H25F3N4O3S/c1-14-19(15(2)25(3)24-14)31(29,30)27-9-5-8-26(10-11-27)18(28)13-16-6-4-7-17(12-16)20(21,22)23/h4,6-7,12H,5,8-11,13H2,1-3H3. The summed E-state index contributed by atoms with van der Waals surface area (Å²) in [5.41, 5.74) is 0.434. The molecule has 0 radical (unpaired) electrons. The van der Waals surface area contributed by atoms with Crippen LogP contribution < -0.4 is 0 Å². The third-order valence-corrected chi connectivity index (χ3v) is 7.61. The van der Waals surface area contributed by atoms with Crippen molar-refractivity contribution >= 4 is 15.9 Å². The Morgan fingerprint density at radius 3 is 2.45 bits per heavy atom. The maximum atomic E-state index is 13.2. The molecule has 0 bridgehead atoms. The third-order valence-electron chi connectivity index (χ3n) is 5.46. The molecule has 0 atom stereocenters. The number of aryl methyl sites for hydroxylation is 2. The van der Waals surface area contributed by atoms with Crippen LogP contribution in [0.25, 0.3) is 0 Å². The summed E-state index contributed by atoms with van der Waals surface area (Å²) in [6, 6.07) is 4.70. The van der Waals surface area contributed by atoms with Crippen molar-refractivity contribution in [2.24, 2.45) is 7.05 Å². The number of carbonyl (C=O) groups excluding carboxylic acids is 1. The number of hydrogen-bond donors (Lipinski definition) is 0. The first kappa shape index (κ1) is 23.3. The van der Waals surface area contributed by atoms with Crippen molar-refractivity contribution in [3.8, 4) is 0 Å². The molecule has 2 aromatic rings. The number of sulfonamides is 1. The molecule has 170 valence electrons. The minimum absolute atomic E-state index is 0.116. The Labute approximate surface area is 179 Å². The Morgan fingerprint density at radius 2 is 1.84 bits per heavy atom. The van der Waals surface area contributed by atoms with Gasteiger partial charge in [0.15, 0.2) is 0 Å². The summed E-state index contributed by atoms with van der Waals surface area (Å²) in [4.78, 5) is 14.4. The summed E-state index contributed by atoms with van der Waals surface area (Å²) < 4.78 is 67.9. The molecule has 11 heteroatoms. The highest BCUT2D eigenvalue weighted by Crippen LogP contribution is 2.30. The van der Waals surface area contributed by atoms with Crippen LogP contribution in [0.1, 0.15) is 28.9 Å². The van der Waals surface area contributed by atoms with Gasteiger partial charge in [-0.05, 0) is 31.9 Å². The fraction of sp³-hybridized carbons (Fsp3) is 0.500. The van der Waals surface area contributed by atoms with Crippen LogP contribution in [0.2, 0.25) is 0 Å². The second-order valence-electron chi connectivity index (χ2n) is 7.64. The van der Waals surface area contributed by atoms with Gasteiger partial charge in [-0.1, -0.05) is 18.2 Å². The van der Waals surface area contributed by atoms with E-state index in [9.17, 15) is 26.4 Å². The lowest BCUT2D eigenvalue weighted by molar-refractivity contribution is -0.138. The number of amides is 1. The predicted octanol–water partition coefficient (Wildman–Crippen LogP) is 2.52. The minimum Gasteiger partial charge on any atom is -0.341 e. The van der Waals surface area contributed by atoms with Crippen molar-refractivity contribution in [2.75, 3.05) is 26.2 Å². The molecule has 0 spiro atoms. The zero-order valence-electron chi connectivity index (χ0n) is 17.6. The van der Waals surface area contributed by atoms with Crippen molar-refractivity contribution in [3.05, 3.63) is 46.8 Å². The Kier molecular flexibility index (Phi) is 6.47. The van der Waals surface area contributed by atoms with Gasteiger partial charge in [0.1, 0.15) is 4.90 Å².